The zero-order valence-corrected chi connectivity index (χ0v) is 8.65. The summed E-state index contributed by atoms with van der Waals surface area (Å²) < 4.78 is 65.1. The highest BCUT2D eigenvalue weighted by molar-refractivity contribution is 6.21. The van der Waals surface area contributed by atoms with Gasteiger partial charge in [0.05, 0.1) is 7.11 Å². The summed E-state index contributed by atoms with van der Waals surface area (Å²) in [6, 6.07) is 0. The highest BCUT2D eigenvalue weighted by atomic mass is 19.4. The van der Waals surface area contributed by atoms with E-state index < -0.39 is 35.1 Å². The van der Waals surface area contributed by atoms with Gasteiger partial charge in [-0.25, -0.2) is 4.79 Å². The van der Waals surface area contributed by atoms with E-state index in [4.69, 9.17) is 10.5 Å². The third-order valence-corrected chi connectivity index (χ3v) is 1.67. The van der Waals surface area contributed by atoms with E-state index in [1.54, 1.807) is 0 Å². The number of hydrogen-bond donors (Lipinski definition) is 2. The monoisotopic (exact) mass is 261 g/mol. The maximum atomic E-state index is 12.7. The van der Waals surface area contributed by atoms with Gasteiger partial charge in [0.1, 0.15) is 17.0 Å². The minimum atomic E-state index is -6.04. The van der Waals surface area contributed by atoms with Crippen molar-refractivity contribution in [1.29, 1.82) is 5.41 Å². The number of ether oxygens (including phenoxy) is 1. The average Bonchev–Trinajstić information content (AvgIpc) is 2.15. The lowest BCUT2D eigenvalue weighted by atomic mass is 10.0. The molecule has 9 heteroatoms. The van der Waals surface area contributed by atoms with Crippen LogP contribution in [0.2, 0.25) is 0 Å². The standard InChI is InChI=1S/C8H8F5NO3/c1-3(15)4(6(16)17-2)5(14)7(9,10)8(11,12)13/h14-15H,1-2H3/b4-3+,14-5?. The topological polar surface area (TPSA) is 70.4 Å². The molecule has 0 heterocycles. The Hall–Kier alpha value is -1.67. The quantitative estimate of drug-likeness (QED) is 0.269. The minimum Gasteiger partial charge on any atom is -0.512 e. The van der Waals surface area contributed by atoms with Crippen LogP contribution >= 0.6 is 0 Å². The molecule has 0 saturated carbocycles. The number of aliphatic hydroxyl groups excluding tert-OH is 1. The van der Waals surface area contributed by atoms with E-state index in [-0.39, 0.29) is 0 Å². The third-order valence-electron chi connectivity index (χ3n) is 1.67. The molecule has 0 atom stereocenters. The molecule has 0 unspecified atom stereocenters. The van der Waals surface area contributed by atoms with Crippen LogP contribution in [0.1, 0.15) is 6.92 Å². The molecule has 2 N–H and O–H groups in total. The first-order chi connectivity index (χ1) is 7.46. The fourth-order valence-corrected chi connectivity index (χ4v) is 0.831. The maximum absolute atomic E-state index is 12.7. The van der Waals surface area contributed by atoms with E-state index in [1.165, 1.54) is 0 Å². The molecule has 4 nitrogen and oxygen atoms in total. The molecule has 0 bridgehead atoms. The number of carbonyl (C=O) groups excluding carboxylic acids is 1. The number of allylic oxidation sites excluding steroid dienone is 1. The molecule has 0 aliphatic heterocycles. The summed E-state index contributed by atoms with van der Waals surface area (Å²) in [5, 5.41) is 15.5. The van der Waals surface area contributed by atoms with Gasteiger partial charge in [0.25, 0.3) is 0 Å². The molecule has 0 amide bonds. The van der Waals surface area contributed by atoms with Gasteiger partial charge in [0.2, 0.25) is 0 Å². The summed E-state index contributed by atoms with van der Waals surface area (Å²) in [5.74, 6) is -8.37. The molecule has 0 aromatic heterocycles. The van der Waals surface area contributed by atoms with Crippen molar-refractivity contribution in [3.8, 4) is 0 Å². The number of nitrogens with one attached hydrogen (secondary N) is 1. The maximum Gasteiger partial charge on any atom is 0.459 e. The Morgan fingerprint density at radius 3 is 1.88 bits per heavy atom. The first-order valence-electron chi connectivity index (χ1n) is 3.99. The van der Waals surface area contributed by atoms with E-state index in [0.717, 1.165) is 0 Å². The lowest BCUT2D eigenvalue weighted by Crippen LogP contribution is -2.46. The lowest BCUT2D eigenvalue weighted by Gasteiger charge is -2.21. The molecule has 0 aliphatic rings. The second-order valence-corrected chi connectivity index (χ2v) is 2.90. The van der Waals surface area contributed by atoms with Gasteiger partial charge in [-0.1, -0.05) is 0 Å². The summed E-state index contributed by atoms with van der Waals surface area (Å²) in [4.78, 5) is 10.9. The number of methoxy groups -OCH3 is 1. The largest absolute Gasteiger partial charge is 0.512 e. The van der Waals surface area contributed by atoms with Gasteiger partial charge in [-0.15, -0.1) is 0 Å². The van der Waals surface area contributed by atoms with Crippen LogP contribution in [-0.2, 0) is 9.53 Å². The highest BCUT2D eigenvalue weighted by Crippen LogP contribution is 2.38. The Bertz CT molecular complexity index is 368. The normalized spacial score (nSPS) is 14.1. The van der Waals surface area contributed by atoms with Crippen LogP contribution in [0, 0.1) is 5.41 Å². The van der Waals surface area contributed by atoms with Gasteiger partial charge in [0, 0.05) is 0 Å². The fourth-order valence-electron chi connectivity index (χ4n) is 0.831. The molecule has 0 aliphatic carbocycles. The summed E-state index contributed by atoms with van der Waals surface area (Å²) >= 11 is 0. The van der Waals surface area contributed by atoms with Crippen LogP contribution < -0.4 is 0 Å². The van der Waals surface area contributed by atoms with Crippen LogP contribution in [0.15, 0.2) is 11.3 Å². The minimum absolute atomic E-state index is 0.688. The zero-order chi connectivity index (χ0) is 14.0. The predicted molar refractivity (Wildman–Crippen MR) is 46.1 cm³/mol. The number of esters is 1. The predicted octanol–water partition coefficient (Wildman–Crippen LogP) is 2.21. The Kier molecular flexibility index (Phi) is 4.22. The van der Waals surface area contributed by atoms with Crippen LogP contribution in [0.4, 0.5) is 22.0 Å². The van der Waals surface area contributed by atoms with Crippen LogP contribution in [-0.4, -0.2) is 36.0 Å². The number of halogens is 5. The van der Waals surface area contributed by atoms with Crippen molar-refractivity contribution in [3.05, 3.63) is 11.3 Å². The summed E-state index contributed by atoms with van der Waals surface area (Å²) in [7, 11) is 0.713. The fraction of sp³-hybridized carbons (Fsp3) is 0.500. The van der Waals surface area contributed by atoms with Gasteiger partial charge >= 0.3 is 18.1 Å². The molecule has 0 aromatic rings. The first kappa shape index (κ1) is 15.3. The lowest BCUT2D eigenvalue weighted by molar-refractivity contribution is -0.249. The van der Waals surface area contributed by atoms with Gasteiger partial charge in [-0.2, -0.15) is 22.0 Å². The Balaban J connectivity index is 5.58. The zero-order valence-electron chi connectivity index (χ0n) is 8.65. The molecule has 0 radical (unpaired) electrons. The number of rotatable bonds is 3. The van der Waals surface area contributed by atoms with E-state index in [2.05, 4.69) is 4.74 Å². The van der Waals surface area contributed by atoms with E-state index >= 15 is 0 Å². The molecule has 0 spiro atoms. The van der Waals surface area contributed by atoms with Gasteiger partial charge in [0.15, 0.2) is 0 Å². The van der Waals surface area contributed by atoms with Gasteiger partial charge in [-0.05, 0) is 6.92 Å². The molecule has 98 valence electrons. The molecule has 0 saturated heterocycles. The molecule has 17 heavy (non-hydrogen) atoms. The second kappa shape index (κ2) is 4.68. The number of hydrogen-bond acceptors (Lipinski definition) is 4. The smallest absolute Gasteiger partial charge is 0.459 e. The average molecular weight is 261 g/mol. The Labute approximate surface area is 92.2 Å². The highest BCUT2D eigenvalue weighted by Gasteiger charge is 2.62. The van der Waals surface area contributed by atoms with Crippen molar-refractivity contribution in [3.63, 3.8) is 0 Å². The summed E-state index contributed by atoms with van der Waals surface area (Å²) in [6.45, 7) is 0.688. The van der Waals surface area contributed by atoms with Crippen molar-refractivity contribution in [2.24, 2.45) is 0 Å². The Morgan fingerprint density at radius 2 is 1.65 bits per heavy atom. The molecular formula is C8H8F5NO3. The van der Waals surface area contributed by atoms with Crippen molar-refractivity contribution < 1.29 is 36.6 Å². The van der Waals surface area contributed by atoms with Gasteiger partial charge < -0.3 is 9.84 Å². The summed E-state index contributed by atoms with van der Waals surface area (Å²) in [6.07, 6.45) is -6.04. The van der Waals surface area contributed by atoms with Crippen molar-refractivity contribution in [2.75, 3.05) is 7.11 Å². The van der Waals surface area contributed by atoms with E-state index in [1.807, 2.05) is 0 Å². The number of carbonyl (C=O) groups is 1. The molecule has 0 rings (SSSR count). The van der Waals surface area contributed by atoms with Crippen LogP contribution in [0.5, 0.6) is 0 Å². The first-order valence-corrected chi connectivity index (χ1v) is 3.99. The van der Waals surface area contributed by atoms with Crippen molar-refractivity contribution in [1.82, 2.24) is 0 Å². The van der Waals surface area contributed by atoms with Gasteiger partial charge in [-0.3, -0.25) is 5.41 Å². The Morgan fingerprint density at radius 1 is 1.24 bits per heavy atom. The second-order valence-electron chi connectivity index (χ2n) is 2.90. The van der Waals surface area contributed by atoms with Crippen LogP contribution in [0.25, 0.3) is 0 Å². The summed E-state index contributed by atoms with van der Waals surface area (Å²) in [5.41, 5.74) is -3.88. The molecular weight excluding hydrogens is 253 g/mol. The molecule has 0 fully saturated rings. The molecule has 0 aromatic carbocycles. The van der Waals surface area contributed by atoms with E-state index in [9.17, 15) is 26.7 Å². The van der Waals surface area contributed by atoms with Crippen molar-refractivity contribution in [2.45, 2.75) is 19.0 Å². The SMILES string of the molecule is COC(=O)/C(C(=N)C(F)(F)C(F)(F)F)=C(\C)O. The van der Waals surface area contributed by atoms with Crippen LogP contribution in [0.3, 0.4) is 0 Å². The third kappa shape index (κ3) is 2.92. The van der Waals surface area contributed by atoms with E-state index in [0.29, 0.717) is 14.0 Å². The van der Waals surface area contributed by atoms with Crippen molar-refractivity contribution >= 4 is 11.7 Å². The number of aliphatic hydroxyl groups is 1. The number of alkyl halides is 5.